The van der Waals surface area contributed by atoms with Crippen LogP contribution in [-0.2, 0) is 14.3 Å². The van der Waals surface area contributed by atoms with Gasteiger partial charge in [0, 0.05) is 26.7 Å². The summed E-state index contributed by atoms with van der Waals surface area (Å²) < 4.78 is 4.53. The Morgan fingerprint density at radius 2 is 1.93 bits per heavy atom. The molecule has 14 heavy (non-hydrogen) atoms. The monoisotopic (exact) mass is 199 g/mol. The number of carbonyl (C=O) groups is 2. The van der Waals surface area contributed by atoms with Crippen LogP contribution in [0.3, 0.4) is 0 Å². The second-order valence-electron chi connectivity index (χ2n) is 3.17. The molecule has 0 aliphatic rings. The number of esters is 1. The lowest BCUT2D eigenvalue weighted by Gasteiger charge is -2.08. The standard InChI is InChI=1S/C10H17NO3/c1-5-6-9(12)8(7-11(2)3)10(13)14-4/h7H,5-6H2,1-4H3/b8-7-. The van der Waals surface area contributed by atoms with Gasteiger partial charge in [-0.2, -0.15) is 0 Å². The zero-order valence-corrected chi connectivity index (χ0v) is 9.16. The molecule has 0 aliphatic heterocycles. The molecule has 0 saturated heterocycles. The predicted molar refractivity (Wildman–Crippen MR) is 53.7 cm³/mol. The molecule has 0 rings (SSSR count). The second kappa shape index (κ2) is 6.18. The van der Waals surface area contributed by atoms with Crippen molar-refractivity contribution in [1.82, 2.24) is 4.90 Å². The van der Waals surface area contributed by atoms with Crippen molar-refractivity contribution < 1.29 is 14.3 Å². The number of carbonyl (C=O) groups excluding carboxylic acids is 2. The molecule has 0 fully saturated rings. The Kier molecular flexibility index (Phi) is 5.60. The number of methoxy groups -OCH3 is 1. The fourth-order valence-corrected chi connectivity index (χ4v) is 0.968. The quantitative estimate of drug-likeness (QED) is 0.286. The topological polar surface area (TPSA) is 46.6 Å². The maximum absolute atomic E-state index is 11.5. The summed E-state index contributed by atoms with van der Waals surface area (Å²) in [5.74, 6) is -0.745. The van der Waals surface area contributed by atoms with Crippen molar-refractivity contribution in [3.05, 3.63) is 11.8 Å². The van der Waals surface area contributed by atoms with Gasteiger partial charge in [-0.05, 0) is 6.42 Å². The molecule has 0 aromatic heterocycles. The van der Waals surface area contributed by atoms with Crippen LogP contribution in [0.2, 0.25) is 0 Å². The number of ether oxygens (including phenoxy) is 1. The van der Waals surface area contributed by atoms with Crippen LogP contribution in [0.5, 0.6) is 0 Å². The molecule has 4 nitrogen and oxygen atoms in total. The molecule has 0 aliphatic carbocycles. The number of hydrogen-bond acceptors (Lipinski definition) is 4. The Hall–Kier alpha value is -1.32. The van der Waals surface area contributed by atoms with Gasteiger partial charge in [0.2, 0.25) is 0 Å². The summed E-state index contributed by atoms with van der Waals surface area (Å²) >= 11 is 0. The highest BCUT2D eigenvalue weighted by Crippen LogP contribution is 2.05. The van der Waals surface area contributed by atoms with E-state index in [0.717, 1.165) is 6.42 Å². The number of nitrogens with zero attached hydrogens (tertiary/aromatic N) is 1. The molecule has 0 aromatic carbocycles. The van der Waals surface area contributed by atoms with Gasteiger partial charge >= 0.3 is 5.97 Å². The second-order valence-corrected chi connectivity index (χ2v) is 3.17. The average Bonchev–Trinajstić information content (AvgIpc) is 2.13. The minimum absolute atomic E-state index is 0.111. The van der Waals surface area contributed by atoms with Gasteiger partial charge in [-0.1, -0.05) is 6.92 Å². The molecule has 80 valence electrons. The smallest absolute Gasteiger partial charge is 0.342 e. The molecule has 0 unspecified atom stereocenters. The van der Waals surface area contributed by atoms with E-state index in [2.05, 4.69) is 4.74 Å². The van der Waals surface area contributed by atoms with Crippen LogP contribution in [-0.4, -0.2) is 37.9 Å². The van der Waals surface area contributed by atoms with Crippen LogP contribution >= 0.6 is 0 Å². The molecular formula is C10H17NO3. The molecule has 0 spiro atoms. The van der Waals surface area contributed by atoms with E-state index < -0.39 is 5.97 Å². The molecule has 0 amide bonds. The first-order valence-electron chi connectivity index (χ1n) is 4.52. The number of hydrogen-bond donors (Lipinski definition) is 0. The summed E-state index contributed by atoms with van der Waals surface area (Å²) in [4.78, 5) is 24.4. The Bertz CT molecular complexity index is 244. The normalized spacial score (nSPS) is 11.0. The summed E-state index contributed by atoms with van der Waals surface area (Å²) in [5, 5.41) is 0. The summed E-state index contributed by atoms with van der Waals surface area (Å²) in [6.07, 6.45) is 2.58. The maximum atomic E-state index is 11.5. The third-order valence-corrected chi connectivity index (χ3v) is 1.57. The first-order valence-corrected chi connectivity index (χ1v) is 4.52. The largest absolute Gasteiger partial charge is 0.465 e. The van der Waals surface area contributed by atoms with Crippen molar-refractivity contribution >= 4 is 11.8 Å². The third kappa shape index (κ3) is 4.07. The van der Waals surface area contributed by atoms with Crippen LogP contribution in [0, 0.1) is 0 Å². The highest BCUT2D eigenvalue weighted by molar-refractivity contribution is 6.17. The van der Waals surface area contributed by atoms with Crippen molar-refractivity contribution in [2.75, 3.05) is 21.2 Å². The van der Waals surface area contributed by atoms with Crippen molar-refractivity contribution in [3.63, 3.8) is 0 Å². The third-order valence-electron chi connectivity index (χ3n) is 1.57. The zero-order chi connectivity index (χ0) is 11.1. The molecule has 0 radical (unpaired) electrons. The number of Topliss-reactive ketones (excluding diaryl/α,β-unsaturated/α-hetero) is 1. The maximum Gasteiger partial charge on any atom is 0.342 e. The number of rotatable bonds is 5. The van der Waals surface area contributed by atoms with E-state index in [1.807, 2.05) is 6.92 Å². The Balaban J connectivity index is 4.72. The van der Waals surface area contributed by atoms with Crippen LogP contribution < -0.4 is 0 Å². The van der Waals surface area contributed by atoms with Crippen LogP contribution in [0.1, 0.15) is 19.8 Å². The molecule has 0 heterocycles. The Labute approximate surface area is 84.5 Å². The van der Waals surface area contributed by atoms with E-state index in [1.165, 1.54) is 13.3 Å². The zero-order valence-electron chi connectivity index (χ0n) is 9.16. The predicted octanol–water partition coefficient (Wildman–Crippen LogP) is 0.974. The fourth-order valence-electron chi connectivity index (χ4n) is 0.968. The summed E-state index contributed by atoms with van der Waals surface area (Å²) in [6, 6.07) is 0. The van der Waals surface area contributed by atoms with Crippen LogP contribution in [0.25, 0.3) is 0 Å². The highest BCUT2D eigenvalue weighted by Gasteiger charge is 2.17. The van der Waals surface area contributed by atoms with E-state index in [-0.39, 0.29) is 11.4 Å². The SMILES string of the molecule is CCCC(=O)/C(=C/N(C)C)C(=O)OC. The highest BCUT2D eigenvalue weighted by atomic mass is 16.5. The Morgan fingerprint density at radius 1 is 1.36 bits per heavy atom. The van der Waals surface area contributed by atoms with Gasteiger partial charge < -0.3 is 9.64 Å². The van der Waals surface area contributed by atoms with Gasteiger partial charge in [-0.3, -0.25) is 4.79 Å². The average molecular weight is 199 g/mol. The summed E-state index contributed by atoms with van der Waals surface area (Å²) in [7, 11) is 4.77. The van der Waals surface area contributed by atoms with E-state index in [9.17, 15) is 9.59 Å². The lowest BCUT2D eigenvalue weighted by Crippen LogP contribution is -2.17. The van der Waals surface area contributed by atoms with Gasteiger partial charge in [0.25, 0.3) is 0 Å². The lowest BCUT2D eigenvalue weighted by atomic mass is 10.1. The van der Waals surface area contributed by atoms with Gasteiger partial charge in [0.15, 0.2) is 5.78 Å². The van der Waals surface area contributed by atoms with E-state index in [1.54, 1.807) is 19.0 Å². The molecule has 4 heteroatoms. The van der Waals surface area contributed by atoms with Gasteiger partial charge in [-0.15, -0.1) is 0 Å². The van der Waals surface area contributed by atoms with Crippen LogP contribution in [0.4, 0.5) is 0 Å². The molecule has 0 atom stereocenters. The minimum Gasteiger partial charge on any atom is -0.465 e. The molecule has 0 bridgehead atoms. The van der Waals surface area contributed by atoms with Gasteiger partial charge in [0.1, 0.15) is 5.57 Å². The molecule has 0 N–H and O–H groups in total. The van der Waals surface area contributed by atoms with Crippen LogP contribution in [0.15, 0.2) is 11.8 Å². The van der Waals surface area contributed by atoms with Crippen molar-refractivity contribution in [2.24, 2.45) is 0 Å². The fraction of sp³-hybridized carbons (Fsp3) is 0.600. The van der Waals surface area contributed by atoms with Crippen molar-refractivity contribution in [1.29, 1.82) is 0 Å². The summed E-state index contributed by atoms with van der Waals surface area (Å²) in [6.45, 7) is 1.89. The molecular weight excluding hydrogens is 182 g/mol. The first kappa shape index (κ1) is 12.7. The molecule has 0 saturated carbocycles. The van der Waals surface area contributed by atoms with Crippen molar-refractivity contribution in [3.8, 4) is 0 Å². The first-order chi connectivity index (χ1) is 6.52. The summed E-state index contributed by atoms with van der Waals surface area (Å²) in [5.41, 5.74) is 0.111. The minimum atomic E-state index is -0.572. The van der Waals surface area contributed by atoms with Gasteiger partial charge in [0.05, 0.1) is 7.11 Å². The van der Waals surface area contributed by atoms with Gasteiger partial charge in [-0.25, -0.2) is 4.79 Å². The number of ketones is 1. The van der Waals surface area contributed by atoms with Crippen molar-refractivity contribution in [2.45, 2.75) is 19.8 Å². The Morgan fingerprint density at radius 3 is 2.29 bits per heavy atom. The molecule has 0 aromatic rings. The van der Waals surface area contributed by atoms with E-state index >= 15 is 0 Å². The van der Waals surface area contributed by atoms with E-state index in [4.69, 9.17) is 0 Å². The lowest BCUT2D eigenvalue weighted by molar-refractivity contribution is -0.137. The van der Waals surface area contributed by atoms with E-state index in [0.29, 0.717) is 6.42 Å².